The summed E-state index contributed by atoms with van der Waals surface area (Å²) in [7, 11) is 0. The highest BCUT2D eigenvalue weighted by atomic mass is 19.4. The van der Waals surface area contributed by atoms with Crippen LogP contribution in [0.4, 0.5) is 19.0 Å². The van der Waals surface area contributed by atoms with Crippen LogP contribution in [0.1, 0.15) is 30.4 Å². The van der Waals surface area contributed by atoms with Crippen LogP contribution >= 0.6 is 0 Å². The van der Waals surface area contributed by atoms with E-state index in [4.69, 9.17) is 0 Å². The molecule has 0 radical (unpaired) electrons. The molecule has 10 heteroatoms. The molecule has 0 amide bonds. The van der Waals surface area contributed by atoms with Gasteiger partial charge in [0.1, 0.15) is 18.4 Å². The van der Waals surface area contributed by atoms with Crippen molar-refractivity contribution in [3.05, 3.63) is 58.5 Å². The molecule has 4 rings (SSSR count). The number of anilines is 1. The van der Waals surface area contributed by atoms with Crippen LogP contribution < -0.4 is 10.5 Å². The van der Waals surface area contributed by atoms with Gasteiger partial charge in [-0.05, 0) is 25.0 Å². The molecule has 0 bridgehead atoms. The summed E-state index contributed by atoms with van der Waals surface area (Å²) in [6.07, 6.45) is -0.662. The molecule has 3 heterocycles. The summed E-state index contributed by atoms with van der Waals surface area (Å²) in [5, 5.41) is 9.46. The van der Waals surface area contributed by atoms with E-state index in [1.165, 1.54) is 18.5 Å². The number of halogens is 3. The molecule has 0 spiro atoms. The second-order valence-corrected chi connectivity index (χ2v) is 6.69. The van der Waals surface area contributed by atoms with Gasteiger partial charge in [0.05, 0.1) is 16.9 Å². The number of nitrogens with zero attached hydrogens (tertiary/aromatic N) is 6. The molecule has 2 aromatic heterocycles. The number of nitriles is 1. The van der Waals surface area contributed by atoms with Crippen molar-refractivity contribution in [2.24, 2.45) is 0 Å². The van der Waals surface area contributed by atoms with E-state index in [-0.39, 0.29) is 22.7 Å². The normalized spacial score (nSPS) is 16.9. The first-order valence-electron chi connectivity index (χ1n) is 8.93. The molecule has 1 aromatic carbocycles. The molecule has 0 N–H and O–H groups in total. The average molecular weight is 400 g/mol. The number of alkyl halides is 3. The number of para-hydroxylation sites is 1. The van der Waals surface area contributed by atoms with Crippen molar-refractivity contribution in [1.29, 1.82) is 5.26 Å². The molecule has 7 nitrogen and oxygen atoms in total. The first kappa shape index (κ1) is 18.9. The van der Waals surface area contributed by atoms with E-state index in [0.717, 1.165) is 0 Å². The molecule has 1 aliphatic rings. The maximum atomic E-state index is 13.3. The molecule has 148 valence electrons. The first-order chi connectivity index (χ1) is 13.9. The Balaban J connectivity index is 1.91. The Bertz CT molecular complexity index is 1170. The average Bonchev–Trinajstić information content (AvgIpc) is 3.18. The zero-order valence-electron chi connectivity index (χ0n) is 15.1. The highest BCUT2D eigenvalue weighted by Crippen LogP contribution is 2.36. The fourth-order valence-electron chi connectivity index (χ4n) is 3.68. The zero-order valence-corrected chi connectivity index (χ0v) is 15.1. The Hall–Kier alpha value is -3.48. The Morgan fingerprint density at radius 3 is 2.72 bits per heavy atom. The minimum absolute atomic E-state index is 0.0121. The standard InChI is InChI=1S/C19H15F3N6O/c20-19(21,22)11-28-17(26-13-5-2-1-4-12(13)18(28)29)15-6-3-9-27(15)16-14(10-23)24-7-8-25-16/h1-2,4-5,7-8,15H,3,6,9,11H2. The van der Waals surface area contributed by atoms with Crippen molar-refractivity contribution in [3.63, 3.8) is 0 Å². The third kappa shape index (κ3) is 3.51. The lowest BCUT2D eigenvalue weighted by atomic mass is 10.1. The lowest BCUT2D eigenvalue weighted by Gasteiger charge is -2.28. The molecule has 0 saturated carbocycles. The number of aromatic nitrogens is 4. The molecule has 1 unspecified atom stereocenters. The van der Waals surface area contributed by atoms with Gasteiger partial charge >= 0.3 is 6.18 Å². The summed E-state index contributed by atoms with van der Waals surface area (Å²) in [6.45, 7) is -0.971. The third-order valence-electron chi connectivity index (χ3n) is 4.84. The summed E-state index contributed by atoms with van der Waals surface area (Å²) in [4.78, 5) is 27.2. The van der Waals surface area contributed by atoms with E-state index in [1.54, 1.807) is 23.1 Å². The van der Waals surface area contributed by atoms with E-state index >= 15 is 0 Å². The first-order valence-corrected chi connectivity index (χ1v) is 8.93. The second kappa shape index (κ2) is 7.16. The monoisotopic (exact) mass is 400 g/mol. The van der Waals surface area contributed by atoms with Crippen LogP contribution in [0, 0.1) is 11.3 Å². The molecule has 0 aliphatic carbocycles. The number of fused-ring (bicyclic) bond motifs is 1. The molecular weight excluding hydrogens is 385 g/mol. The van der Waals surface area contributed by atoms with Crippen LogP contribution in [0.2, 0.25) is 0 Å². The van der Waals surface area contributed by atoms with Crippen molar-refractivity contribution >= 4 is 16.7 Å². The maximum absolute atomic E-state index is 13.3. The van der Waals surface area contributed by atoms with E-state index in [0.29, 0.717) is 29.5 Å². The quantitative estimate of drug-likeness (QED) is 0.672. The highest BCUT2D eigenvalue weighted by molar-refractivity contribution is 5.77. The summed E-state index contributed by atoms with van der Waals surface area (Å²) in [5.41, 5.74) is -0.336. The van der Waals surface area contributed by atoms with Gasteiger partial charge in [-0.3, -0.25) is 9.36 Å². The molecular formula is C19H15F3N6O. The molecule has 1 aliphatic heterocycles. The van der Waals surface area contributed by atoms with Crippen LogP contribution in [0.5, 0.6) is 0 Å². The van der Waals surface area contributed by atoms with Crippen LogP contribution in [0.15, 0.2) is 41.5 Å². The van der Waals surface area contributed by atoms with Crippen molar-refractivity contribution in [1.82, 2.24) is 19.5 Å². The van der Waals surface area contributed by atoms with Crippen LogP contribution in [0.25, 0.3) is 10.9 Å². The van der Waals surface area contributed by atoms with Crippen LogP contribution in [-0.2, 0) is 6.54 Å². The predicted octanol–water partition coefficient (Wildman–Crippen LogP) is 2.96. The lowest BCUT2D eigenvalue weighted by Crippen LogP contribution is -2.36. The molecule has 1 fully saturated rings. The fraction of sp³-hybridized carbons (Fsp3) is 0.316. The van der Waals surface area contributed by atoms with Crippen molar-refractivity contribution in [2.45, 2.75) is 31.6 Å². The zero-order chi connectivity index (χ0) is 20.6. The van der Waals surface area contributed by atoms with Crippen molar-refractivity contribution in [2.75, 3.05) is 11.4 Å². The van der Waals surface area contributed by atoms with Gasteiger partial charge in [-0.2, -0.15) is 18.4 Å². The number of benzene rings is 1. The van der Waals surface area contributed by atoms with Gasteiger partial charge in [-0.15, -0.1) is 0 Å². The topological polar surface area (TPSA) is 87.7 Å². The van der Waals surface area contributed by atoms with Crippen LogP contribution in [-0.4, -0.2) is 32.2 Å². The Kier molecular flexibility index (Phi) is 4.66. The largest absolute Gasteiger partial charge is 0.406 e. The van der Waals surface area contributed by atoms with Gasteiger partial charge in [0.2, 0.25) is 0 Å². The van der Waals surface area contributed by atoms with Crippen LogP contribution in [0.3, 0.4) is 0 Å². The fourth-order valence-corrected chi connectivity index (χ4v) is 3.68. The van der Waals surface area contributed by atoms with E-state index in [1.807, 2.05) is 6.07 Å². The Labute approximate surface area is 163 Å². The number of rotatable bonds is 3. The summed E-state index contributed by atoms with van der Waals surface area (Å²) in [5.74, 6) is 0.288. The SMILES string of the molecule is N#Cc1nccnc1N1CCCC1c1nc2ccccc2c(=O)n1CC(F)(F)F. The van der Waals surface area contributed by atoms with E-state index < -0.39 is 24.3 Å². The Morgan fingerprint density at radius 2 is 1.97 bits per heavy atom. The third-order valence-corrected chi connectivity index (χ3v) is 4.84. The Morgan fingerprint density at radius 1 is 1.21 bits per heavy atom. The maximum Gasteiger partial charge on any atom is 0.406 e. The molecule has 3 aromatic rings. The minimum atomic E-state index is -4.59. The van der Waals surface area contributed by atoms with E-state index in [9.17, 15) is 23.2 Å². The smallest absolute Gasteiger partial charge is 0.344 e. The van der Waals surface area contributed by atoms with Crippen molar-refractivity contribution < 1.29 is 13.2 Å². The van der Waals surface area contributed by atoms with Gasteiger partial charge in [0.25, 0.3) is 5.56 Å². The van der Waals surface area contributed by atoms with E-state index in [2.05, 4.69) is 15.0 Å². The lowest BCUT2D eigenvalue weighted by molar-refractivity contribution is -0.141. The molecule has 1 atom stereocenters. The molecule has 29 heavy (non-hydrogen) atoms. The van der Waals surface area contributed by atoms with Crippen molar-refractivity contribution in [3.8, 4) is 6.07 Å². The summed E-state index contributed by atoms with van der Waals surface area (Å²) < 4.78 is 40.5. The van der Waals surface area contributed by atoms with Gasteiger partial charge < -0.3 is 4.90 Å². The van der Waals surface area contributed by atoms with Gasteiger partial charge in [0, 0.05) is 18.9 Å². The number of hydrogen-bond donors (Lipinski definition) is 0. The second-order valence-electron chi connectivity index (χ2n) is 6.69. The summed E-state index contributed by atoms with van der Waals surface area (Å²) in [6, 6.07) is 7.65. The highest BCUT2D eigenvalue weighted by Gasteiger charge is 2.36. The predicted molar refractivity (Wildman–Crippen MR) is 98.1 cm³/mol. The minimum Gasteiger partial charge on any atom is -0.344 e. The molecule has 1 saturated heterocycles. The van der Waals surface area contributed by atoms with Gasteiger partial charge in [-0.25, -0.2) is 15.0 Å². The summed E-state index contributed by atoms with van der Waals surface area (Å²) >= 11 is 0. The number of hydrogen-bond acceptors (Lipinski definition) is 6. The van der Waals surface area contributed by atoms with Gasteiger partial charge in [-0.1, -0.05) is 12.1 Å². The van der Waals surface area contributed by atoms with Gasteiger partial charge in [0.15, 0.2) is 11.5 Å².